The van der Waals surface area contributed by atoms with Crippen LogP contribution in [0, 0.1) is 25.2 Å². The van der Waals surface area contributed by atoms with Gasteiger partial charge in [-0.3, -0.25) is 4.79 Å². The minimum atomic E-state index is -0.654. The fourth-order valence-corrected chi connectivity index (χ4v) is 3.85. The zero-order chi connectivity index (χ0) is 24.8. The number of ether oxygens (including phenoxy) is 1. The Kier molecular flexibility index (Phi) is 8.32. The van der Waals surface area contributed by atoms with Crippen LogP contribution in [0.1, 0.15) is 43.0 Å². The highest BCUT2D eigenvalue weighted by Crippen LogP contribution is 2.34. The van der Waals surface area contributed by atoms with Crippen LogP contribution in [-0.2, 0) is 20.7 Å². The van der Waals surface area contributed by atoms with E-state index in [9.17, 15) is 14.4 Å². The molecule has 3 amide bonds. The van der Waals surface area contributed by atoms with Gasteiger partial charge in [-0.25, -0.2) is 9.59 Å². The summed E-state index contributed by atoms with van der Waals surface area (Å²) < 4.78 is 4.72. The summed E-state index contributed by atoms with van der Waals surface area (Å²) in [5, 5.41) is 11.8. The Morgan fingerprint density at radius 3 is 2.27 bits per heavy atom. The van der Waals surface area contributed by atoms with E-state index in [1.54, 1.807) is 43.3 Å². The highest BCUT2D eigenvalue weighted by Gasteiger charge is 2.45. The number of benzene rings is 2. The van der Waals surface area contributed by atoms with E-state index < -0.39 is 12.0 Å². The van der Waals surface area contributed by atoms with Crippen LogP contribution in [0.15, 0.2) is 36.4 Å². The number of quaternary nitrogens is 1. The van der Waals surface area contributed by atoms with E-state index in [2.05, 4.69) is 5.32 Å². The number of nitrogens with two attached hydrogens (primary N) is 1. The topological polar surface area (TPSA) is 122 Å². The van der Waals surface area contributed by atoms with Gasteiger partial charge >= 0.3 is 12.0 Å². The van der Waals surface area contributed by atoms with Crippen LogP contribution in [0.3, 0.4) is 0 Å². The molecular weight excluding hydrogens is 420 g/mol. The fraction of sp³-hybridized carbons (Fsp3) is 0.360. The Labute approximate surface area is 194 Å². The molecule has 2 aromatic carbocycles. The predicted octanol–water partition coefficient (Wildman–Crippen LogP) is 3.71. The fourth-order valence-electron chi connectivity index (χ4n) is 3.85. The van der Waals surface area contributed by atoms with Crippen molar-refractivity contribution >= 4 is 29.3 Å². The van der Waals surface area contributed by atoms with Crippen LogP contribution in [0.25, 0.3) is 0 Å². The number of nitriles is 1. The number of amides is 3. The summed E-state index contributed by atoms with van der Waals surface area (Å²) in [7, 11) is 0. The first kappa shape index (κ1) is 25.6. The number of hydrogen-bond donors (Lipinski definition) is 2. The summed E-state index contributed by atoms with van der Waals surface area (Å²) in [4.78, 5) is 37.6. The third-order valence-electron chi connectivity index (χ3n) is 5.65. The van der Waals surface area contributed by atoms with Crippen molar-refractivity contribution in [3.05, 3.63) is 58.7 Å². The zero-order valence-corrected chi connectivity index (χ0v) is 19.8. The Bertz CT molecular complexity index is 1090. The smallest absolute Gasteiger partial charge is 0.419 e. The van der Waals surface area contributed by atoms with Crippen molar-refractivity contribution in [1.29, 1.82) is 5.26 Å². The summed E-state index contributed by atoms with van der Waals surface area (Å²) in [5.41, 5.74) is 9.80. The van der Waals surface area contributed by atoms with E-state index in [0.717, 1.165) is 11.1 Å². The molecule has 3 N–H and O–H groups in total. The number of carbonyl (C=O) groups excluding carboxylic acids is 3. The zero-order valence-electron chi connectivity index (χ0n) is 19.8. The molecule has 0 aliphatic heterocycles. The van der Waals surface area contributed by atoms with Gasteiger partial charge in [0.2, 0.25) is 5.91 Å². The third kappa shape index (κ3) is 5.76. The molecule has 0 aliphatic carbocycles. The van der Waals surface area contributed by atoms with Gasteiger partial charge in [0.05, 0.1) is 30.7 Å². The van der Waals surface area contributed by atoms with Crippen molar-refractivity contribution in [3.63, 3.8) is 0 Å². The lowest BCUT2D eigenvalue weighted by molar-refractivity contribution is -0.143. The molecule has 0 bridgehead atoms. The third-order valence-corrected chi connectivity index (χ3v) is 5.65. The summed E-state index contributed by atoms with van der Waals surface area (Å²) in [6.45, 7) is 8.98. The Balaban J connectivity index is 2.36. The molecule has 1 unspecified atom stereocenters. The number of esters is 1. The Hall–Kier alpha value is -3.70. The standard InChI is InChI=1S/C25H30N4O4/c1-6-33-24(31)15-29(16(2)3,25(27)32)22-12-17(4)21(11-18(22)5)28-23(30)13-19-7-9-20(14-26)10-8-19/h7-12,16H,6,13,15H2,1-5H3,(H2-,27,28,30,32)/p+1. The van der Waals surface area contributed by atoms with Crippen molar-refractivity contribution in [2.45, 2.75) is 47.1 Å². The van der Waals surface area contributed by atoms with E-state index in [-0.39, 0.29) is 36.0 Å². The minimum Gasteiger partial charge on any atom is -0.462 e. The summed E-state index contributed by atoms with van der Waals surface area (Å²) in [5.74, 6) is -0.720. The number of urea groups is 1. The summed E-state index contributed by atoms with van der Waals surface area (Å²) in [6, 6.07) is 11.5. The minimum absolute atomic E-state index is 0.155. The van der Waals surface area contributed by atoms with Crippen LogP contribution >= 0.6 is 0 Å². The maximum Gasteiger partial charge on any atom is 0.419 e. The van der Waals surface area contributed by atoms with Crippen LogP contribution in [0.2, 0.25) is 0 Å². The quantitative estimate of drug-likeness (QED) is 0.468. The second kappa shape index (κ2) is 10.7. The normalized spacial score (nSPS) is 12.5. The SMILES string of the molecule is CCOC(=O)C[N+](C(N)=O)(c1cc(C)c(NC(=O)Cc2ccc(C#N)cc2)cc1C)C(C)C. The number of carbonyl (C=O) groups is 3. The Morgan fingerprint density at radius 1 is 1.12 bits per heavy atom. The average Bonchev–Trinajstić information content (AvgIpc) is 2.74. The molecular formula is C25H31N4O4+. The van der Waals surface area contributed by atoms with Gasteiger partial charge in [-0.2, -0.15) is 9.74 Å². The molecule has 33 heavy (non-hydrogen) atoms. The van der Waals surface area contributed by atoms with Gasteiger partial charge in [0.1, 0.15) is 5.69 Å². The number of primary amides is 1. The lowest BCUT2D eigenvalue weighted by Gasteiger charge is -2.37. The van der Waals surface area contributed by atoms with E-state index in [1.165, 1.54) is 0 Å². The molecule has 174 valence electrons. The number of nitrogens with one attached hydrogen (secondary N) is 1. The highest BCUT2D eigenvalue weighted by atomic mass is 16.5. The van der Waals surface area contributed by atoms with Crippen LogP contribution in [0.4, 0.5) is 16.2 Å². The molecule has 0 saturated heterocycles. The lowest BCUT2D eigenvalue weighted by Crippen LogP contribution is -2.64. The lowest BCUT2D eigenvalue weighted by atomic mass is 10.0. The van der Waals surface area contributed by atoms with E-state index in [0.29, 0.717) is 22.5 Å². The van der Waals surface area contributed by atoms with E-state index in [4.69, 9.17) is 15.7 Å². The molecule has 0 heterocycles. The number of nitrogens with zero attached hydrogens (tertiary/aromatic N) is 2. The number of hydrogen-bond acceptors (Lipinski definition) is 5. The van der Waals surface area contributed by atoms with Gasteiger partial charge in [0.15, 0.2) is 6.54 Å². The van der Waals surface area contributed by atoms with Crippen molar-refractivity contribution in [3.8, 4) is 6.07 Å². The number of anilines is 1. The molecule has 8 nitrogen and oxygen atoms in total. The van der Waals surface area contributed by atoms with E-state index in [1.807, 2.05) is 33.8 Å². The molecule has 2 rings (SSSR count). The molecule has 1 atom stereocenters. The molecule has 0 aliphatic rings. The van der Waals surface area contributed by atoms with Crippen molar-refractivity contribution in [2.24, 2.45) is 5.73 Å². The summed E-state index contributed by atoms with van der Waals surface area (Å²) in [6.07, 6.45) is 0.155. The monoisotopic (exact) mass is 451 g/mol. The van der Waals surface area contributed by atoms with Crippen LogP contribution in [0.5, 0.6) is 0 Å². The van der Waals surface area contributed by atoms with Gasteiger partial charge in [-0.1, -0.05) is 12.1 Å². The van der Waals surface area contributed by atoms with Gasteiger partial charge < -0.3 is 15.8 Å². The maximum absolute atomic E-state index is 12.7. The van der Waals surface area contributed by atoms with Gasteiger partial charge in [0.25, 0.3) is 0 Å². The van der Waals surface area contributed by atoms with Crippen LogP contribution in [-0.4, -0.2) is 37.1 Å². The highest BCUT2D eigenvalue weighted by molar-refractivity contribution is 5.95. The average molecular weight is 452 g/mol. The molecule has 2 aromatic rings. The van der Waals surface area contributed by atoms with Gasteiger partial charge in [-0.15, -0.1) is 0 Å². The largest absolute Gasteiger partial charge is 0.462 e. The molecule has 0 radical (unpaired) electrons. The molecule has 0 aromatic heterocycles. The van der Waals surface area contributed by atoms with Crippen molar-refractivity contribution in [2.75, 3.05) is 18.5 Å². The van der Waals surface area contributed by atoms with E-state index >= 15 is 0 Å². The first-order valence-electron chi connectivity index (χ1n) is 10.8. The van der Waals surface area contributed by atoms with Crippen molar-refractivity contribution < 1.29 is 19.1 Å². The van der Waals surface area contributed by atoms with Crippen LogP contribution < -0.4 is 15.5 Å². The summed E-state index contributed by atoms with van der Waals surface area (Å²) >= 11 is 0. The number of aryl methyl sites for hydroxylation is 2. The molecule has 0 saturated carbocycles. The van der Waals surface area contributed by atoms with Gasteiger partial charge in [0, 0.05) is 17.3 Å². The van der Waals surface area contributed by atoms with Crippen molar-refractivity contribution in [1.82, 2.24) is 4.48 Å². The second-order valence-electron chi connectivity index (χ2n) is 8.25. The maximum atomic E-state index is 12.7. The molecule has 8 heteroatoms. The first-order chi connectivity index (χ1) is 15.5. The van der Waals surface area contributed by atoms with Gasteiger partial charge in [-0.05, 0) is 63.9 Å². The predicted molar refractivity (Wildman–Crippen MR) is 127 cm³/mol. The molecule has 0 spiro atoms. The first-order valence-corrected chi connectivity index (χ1v) is 10.8. The molecule has 0 fully saturated rings. The Morgan fingerprint density at radius 2 is 1.76 bits per heavy atom. The second-order valence-corrected chi connectivity index (χ2v) is 8.25. The number of rotatable bonds is 8.